The molecule has 2 aromatic heterocycles. The monoisotopic (exact) mass is 493 g/mol. The van der Waals surface area contributed by atoms with Gasteiger partial charge in [0.2, 0.25) is 0 Å². The molecule has 2 bridgehead atoms. The van der Waals surface area contributed by atoms with Crippen molar-refractivity contribution in [1.82, 2.24) is 24.6 Å². The maximum atomic E-state index is 13.2. The van der Waals surface area contributed by atoms with Crippen LogP contribution in [0.1, 0.15) is 44.1 Å². The lowest BCUT2D eigenvalue weighted by molar-refractivity contribution is -0.137. The zero-order valence-electron chi connectivity index (χ0n) is 19.0. The number of pyridine rings is 1. The van der Waals surface area contributed by atoms with Crippen LogP contribution in [-0.2, 0) is 21.4 Å². The number of nitrogens with zero attached hydrogens (tertiary/aromatic N) is 5. The maximum Gasteiger partial charge on any atom is 0.417 e. The number of sulfone groups is 1. The lowest BCUT2D eigenvalue weighted by Gasteiger charge is -2.38. The summed E-state index contributed by atoms with van der Waals surface area (Å²) in [7, 11) is -2.85. The number of fused-ring (bicyclic) bond motifs is 1. The van der Waals surface area contributed by atoms with Gasteiger partial charge in [-0.25, -0.2) is 18.1 Å². The Morgan fingerprint density at radius 3 is 2.59 bits per heavy atom. The van der Waals surface area contributed by atoms with Crippen LogP contribution in [0.15, 0.2) is 18.5 Å². The van der Waals surface area contributed by atoms with E-state index in [0.29, 0.717) is 41.1 Å². The van der Waals surface area contributed by atoms with Crippen molar-refractivity contribution in [3.63, 3.8) is 0 Å². The maximum absolute atomic E-state index is 13.2. The average Bonchev–Trinajstić information content (AvgIpc) is 3.23. The van der Waals surface area contributed by atoms with Crippen molar-refractivity contribution in [2.24, 2.45) is 23.2 Å². The molecule has 182 valence electrons. The van der Waals surface area contributed by atoms with Crippen LogP contribution in [0.4, 0.5) is 13.2 Å². The van der Waals surface area contributed by atoms with Crippen molar-refractivity contribution in [3.05, 3.63) is 29.8 Å². The van der Waals surface area contributed by atoms with Gasteiger partial charge < -0.3 is 0 Å². The predicted molar refractivity (Wildman–Crippen MR) is 116 cm³/mol. The van der Waals surface area contributed by atoms with Crippen LogP contribution in [0, 0.1) is 23.2 Å². The summed E-state index contributed by atoms with van der Waals surface area (Å²) in [5, 5.41) is 4.63. The lowest BCUT2D eigenvalue weighted by Crippen LogP contribution is -2.50. The van der Waals surface area contributed by atoms with Gasteiger partial charge in [-0.1, -0.05) is 0 Å². The molecule has 2 aliphatic heterocycles. The number of hydrogen-bond donors (Lipinski definition) is 0. The first-order valence-corrected chi connectivity index (χ1v) is 13.7. The Hall–Kier alpha value is -2.01. The highest BCUT2D eigenvalue weighted by Gasteiger charge is 2.94. The molecule has 7 nitrogen and oxygen atoms in total. The molecule has 8 rings (SSSR count). The molecule has 5 atom stereocenters. The first-order chi connectivity index (χ1) is 16.0. The molecule has 34 heavy (non-hydrogen) atoms. The van der Waals surface area contributed by atoms with E-state index in [2.05, 4.69) is 15.0 Å². The summed E-state index contributed by atoms with van der Waals surface area (Å²) < 4.78 is 65.1. The summed E-state index contributed by atoms with van der Waals surface area (Å²) in [6, 6.07) is 1.55. The predicted octanol–water partition coefficient (Wildman–Crippen LogP) is 2.95. The number of likely N-dealkylation sites (tertiary alicyclic amines) is 1. The third-order valence-electron chi connectivity index (χ3n) is 9.05. The smallest absolute Gasteiger partial charge is 0.299 e. The topological polar surface area (TPSA) is 81.0 Å². The second kappa shape index (κ2) is 6.21. The quantitative estimate of drug-likeness (QED) is 0.652. The van der Waals surface area contributed by atoms with Gasteiger partial charge in [0.15, 0.2) is 15.7 Å². The Kier molecular flexibility index (Phi) is 3.89. The summed E-state index contributed by atoms with van der Waals surface area (Å²) in [5.41, 5.74) is -0.587. The van der Waals surface area contributed by atoms with Crippen LogP contribution in [0.2, 0.25) is 0 Å². The zero-order valence-corrected chi connectivity index (χ0v) is 19.8. The Balaban J connectivity index is 1.17. The van der Waals surface area contributed by atoms with Crippen molar-refractivity contribution < 1.29 is 21.6 Å². The van der Waals surface area contributed by atoms with Gasteiger partial charge in [-0.15, -0.1) is 0 Å². The van der Waals surface area contributed by atoms with Gasteiger partial charge in [0.05, 0.1) is 17.1 Å². The second-order valence-electron chi connectivity index (χ2n) is 11.4. The number of aromatic nitrogens is 4. The average molecular weight is 494 g/mol. The third-order valence-corrected chi connectivity index (χ3v) is 11.2. The molecule has 0 N–H and O–H groups in total. The third kappa shape index (κ3) is 2.68. The number of alkyl halides is 3. The van der Waals surface area contributed by atoms with Crippen molar-refractivity contribution in [3.8, 4) is 11.4 Å². The largest absolute Gasteiger partial charge is 0.417 e. The molecule has 2 saturated heterocycles. The first-order valence-electron chi connectivity index (χ1n) is 11.9. The Morgan fingerprint density at radius 1 is 1.18 bits per heavy atom. The van der Waals surface area contributed by atoms with E-state index in [1.807, 2.05) is 18.5 Å². The molecule has 1 unspecified atom stereocenters. The van der Waals surface area contributed by atoms with Gasteiger partial charge in [-0.2, -0.15) is 18.3 Å². The first kappa shape index (κ1) is 21.3. The van der Waals surface area contributed by atoms with Crippen molar-refractivity contribution in [2.45, 2.75) is 50.4 Å². The van der Waals surface area contributed by atoms with Crippen molar-refractivity contribution in [1.29, 1.82) is 0 Å². The summed E-state index contributed by atoms with van der Waals surface area (Å²) in [6.07, 6.45) is -0.221. The molecule has 1 spiro atoms. The summed E-state index contributed by atoms with van der Waals surface area (Å²) in [4.78, 5) is 11.1. The second-order valence-corrected chi connectivity index (χ2v) is 13.5. The highest BCUT2D eigenvalue weighted by Crippen LogP contribution is 2.91. The molecule has 4 saturated carbocycles. The van der Waals surface area contributed by atoms with E-state index in [1.54, 1.807) is 0 Å². The fourth-order valence-corrected chi connectivity index (χ4v) is 9.95. The minimum Gasteiger partial charge on any atom is -0.299 e. The van der Waals surface area contributed by atoms with Gasteiger partial charge in [0.25, 0.3) is 0 Å². The molecule has 4 heterocycles. The van der Waals surface area contributed by atoms with E-state index in [9.17, 15) is 21.6 Å². The molecule has 11 heteroatoms. The van der Waals surface area contributed by atoms with E-state index in [-0.39, 0.29) is 22.4 Å². The highest BCUT2D eigenvalue weighted by atomic mass is 32.2. The van der Waals surface area contributed by atoms with E-state index in [0.717, 1.165) is 44.0 Å². The zero-order chi connectivity index (χ0) is 23.8. The number of rotatable bonds is 4. The molecule has 6 aliphatic rings. The minimum atomic E-state index is -4.47. The Bertz CT molecular complexity index is 1300. The number of halogens is 3. The van der Waals surface area contributed by atoms with Crippen LogP contribution in [0.25, 0.3) is 11.4 Å². The Morgan fingerprint density at radius 2 is 1.94 bits per heavy atom. The molecule has 2 aromatic rings. The van der Waals surface area contributed by atoms with Gasteiger partial charge in [0.1, 0.15) is 5.82 Å². The molecule has 0 aromatic carbocycles. The molecule has 6 fully saturated rings. The number of hydrogen-bond acceptors (Lipinski definition) is 6. The minimum absolute atomic E-state index is 0.0172. The fourth-order valence-electron chi connectivity index (χ4n) is 7.70. The summed E-state index contributed by atoms with van der Waals surface area (Å²) >= 11 is 0. The van der Waals surface area contributed by atoms with Crippen LogP contribution in [0.3, 0.4) is 0 Å². The van der Waals surface area contributed by atoms with Crippen molar-refractivity contribution >= 4 is 9.84 Å². The fraction of sp³-hybridized carbons (Fsp3) is 0.696. The van der Waals surface area contributed by atoms with Crippen LogP contribution in [-0.4, -0.2) is 63.7 Å². The van der Waals surface area contributed by atoms with Crippen molar-refractivity contribution in [2.75, 3.05) is 24.6 Å². The molecule has 4 aliphatic carbocycles. The highest BCUT2D eigenvalue weighted by molar-refractivity contribution is 7.92. The summed E-state index contributed by atoms with van der Waals surface area (Å²) in [6.45, 7) is 5.85. The molecule has 0 amide bonds. The van der Waals surface area contributed by atoms with Gasteiger partial charge >= 0.3 is 6.18 Å². The van der Waals surface area contributed by atoms with Crippen LogP contribution < -0.4 is 0 Å². The lowest BCUT2D eigenvalue weighted by atomic mass is 9.91. The van der Waals surface area contributed by atoms with E-state index in [4.69, 9.17) is 4.98 Å². The summed E-state index contributed by atoms with van der Waals surface area (Å²) in [5.74, 6) is 3.43. The van der Waals surface area contributed by atoms with Gasteiger partial charge in [0, 0.05) is 47.4 Å². The van der Waals surface area contributed by atoms with E-state index < -0.39 is 21.6 Å². The van der Waals surface area contributed by atoms with E-state index >= 15 is 0 Å². The Labute approximate surface area is 195 Å². The van der Waals surface area contributed by atoms with E-state index in [1.165, 1.54) is 6.20 Å². The normalized spacial score (nSPS) is 36.6. The van der Waals surface area contributed by atoms with Crippen LogP contribution >= 0.6 is 0 Å². The SMILES string of the molecule is CC(C)n1nc(-c2cncc(C(F)(F)F)c2)nc1[C@]12C3[C@H](N4CCC5(C4)CS(=O)(=O)C5)C[C@@H]1[C@H]32. The van der Waals surface area contributed by atoms with Crippen LogP contribution in [0.5, 0.6) is 0 Å². The molecular formula is C23H26F3N5O2S. The molecular weight excluding hydrogens is 467 g/mol. The standard InChI is InChI=1S/C23H26F3N5O2S/c1-12(2)31-20(28-19(29-31)13-5-14(8-27-7-13)23(24,25)26)22-15-6-16(18(22)17(15)22)30-4-3-21(9-30)10-34(32,33)11-21/h5,7-8,12,15-18H,3-4,6,9-11H2,1-2H3/t15-,16-,17-,18?,22-/m1/s1. The van der Waals surface area contributed by atoms with Gasteiger partial charge in [-0.3, -0.25) is 9.88 Å². The molecule has 0 radical (unpaired) electrons. The van der Waals surface area contributed by atoms with Gasteiger partial charge in [-0.05, 0) is 57.1 Å².